The Morgan fingerprint density at radius 3 is 1.47 bits per heavy atom. The second-order valence-electron chi connectivity index (χ2n) is 6.49. The van der Waals surface area contributed by atoms with Gasteiger partial charge in [-0.1, -0.05) is 41.5 Å². The molecule has 0 fully saturated rings. The van der Waals surface area contributed by atoms with E-state index in [2.05, 4.69) is 55.4 Å². The van der Waals surface area contributed by atoms with Crippen LogP contribution in [-0.4, -0.2) is 0 Å². The van der Waals surface area contributed by atoms with Crippen molar-refractivity contribution in [3.63, 3.8) is 0 Å². The highest BCUT2D eigenvalue weighted by molar-refractivity contribution is 5.39. The summed E-state index contributed by atoms with van der Waals surface area (Å²) >= 11 is 0. The topological polar surface area (TPSA) is 13.1 Å². The molecule has 15 heavy (non-hydrogen) atoms. The van der Waals surface area contributed by atoms with E-state index in [-0.39, 0.29) is 10.8 Å². The molecule has 1 aromatic rings. The molecule has 0 aliphatic heterocycles. The summed E-state index contributed by atoms with van der Waals surface area (Å²) in [6, 6.07) is 0. The summed E-state index contributed by atoms with van der Waals surface area (Å²) in [5.74, 6) is 2.20. The van der Waals surface area contributed by atoms with E-state index in [4.69, 9.17) is 4.42 Å². The SMILES string of the molecule is Cc1oc(C(C)(C)C)c(C)c1C(C)(C)C. The Kier molecular flexibility index (Phi) is 2.80. The number of rotatable bonds is 0. The average Bonchev–Trinajstić information content (AvgIpc) is 2.22. The van der Waals surface area contributed by atoms with Crippen LogP contribution in [0.15, 0.2) is 4.42 Å². The Hall–Kier alpha value is -0.720. The van der Waals surface area contributed by atoms with E-state index in [0.717, 1.165) is 11.5 Å². The summed E-state index contributed by atoms with van der Waals surface area (Å²) in [6.45, 7) is 17.6. The van der Waals surface area contributed by atoms with Gasteiger partial charge in [-0.05, 0) is 24.8 Å². The summed E-state index contributed by atoms with van der Waals surface area (Å²) in [4.78, 5) is 0. The third-order valence-corrected chi connectivity index (χ3v) is 2.75. The highest BCUT2D eigenvalue weighted by Crippen LogP contribution is 2.37. The van der Waals surface area contributed by atoms with E-state index in [0.29, 0.717) is 0 Å². The fourth-order valence-electron chi connectivity index (χ4n) is 2.46. The van der Waals surface area contributed by atoms with Crippen LogP contribution < -0.4 is 0 Å². The molecule has 1 nitrogen and oxygen atoms in total. The second-order valence-corrected chi connectivity index (χ2v) is 6.49. The molecule has 0 aromatic carbocycles. The summed E-state index contributed by atoms with van der Waals surface area (Å²) in [5.41, 5.74) is 2.96. The van der Waals surface area contributed by atoms with Gasteiger partial charge in [0.2, 0.25) is 0 Å². The smallest absolute Gasteiger partial charge is 0.112 e. The van der Waals surface area contributed by atoms with Crippen LogP contribution in [0.5, 0.6) is 0 Å². The Balaban J connectivity index is 3.41. The Morgan fingerprint density at radius 1 is 0.800 bits per heavy atom. The Bertz CT molecular complexity index is 356. The van der Waals surface area contributed by atoms with Crippen LogP contribution in [0.3, 0.4) is 0 Å². The minimum Gasteiger partial charge on any atom is -0.465 e. The fourth-order valence-corrected chi connectivity index (χ4v) is 2.46. The van der Waals surface area contributed by atoms with Gasteiger partial charge < -0.3 is 4.42 Å². The molecule has 0 aliphatic rings. The lowest BCUT2D eigenvalue weighted by molar-refractivity contribution is 0.390. The van der Waals surface area contributed by atoms with Gasteiger partial charge in [0, 0.05) is 11.0 Å². The minimum absolute atomic E-state index is 0.0956. The molecule has 0 atom stereocenters. The van der Waals surface area contributed by atoms with Crippen molar-refractivity contribution in [2.45, 2.75) is 66.2 Å². The third kappa shape index (κ3) is 2.27. The second kappa shape index (κ2) is 3.40. The summed E-state index contributed by atoms with van der Waals surface area (Å²) < 4.78 is 5.94. The zero-order valence-electron chi connectivity index (χ0n) is 11.4. The summed E-state index contributed by atoms with van der Waals surface area (Å²) in [5, 5.41) is 0. The molecule has 0 unspecified atom stereocenters. The highest BCUT2D eigenvalue weighted by atomic mass is 16.3. The molecule has 0 N–H and O–H groups in total. The molecule has 1 aromatic heterocycles. The maximum absolute atomic E-state index is 5.94. The van der Waals surface area contributed by atoms with Gasteiger partial charge >= 0.3 is 0 Å². The van der Waals surface area contributed by atoms with Crippen molar-refractivity contribution in [3.05, 3.63) is 22.6 Å². The zero-order chi connectivity index (χ0) is 12.0. The molecule has 0 bridgehead atoms. The normalized spacial score (nSPS) is 13.3. The van der Waals surface area contributed by atoms with Crippen LogP contribution in [-0.2, 0) is 10.8 Å². The number of aryl methyl sites for hydroxylation is 1. The molecular formula is C14H24O. The Morgan fingerprint density at radius 2 is 1.27 bits per heavy atom. The Labute approximate surface area is 93.9 Å². The summed E-state index contributed by atoms with van der Waals surface area (Å²) in [6.07, 6.45) is 0. The van der Waals surface area contributed by atoms with E-state index in [1.165, 1.54) is 11.1 Å². The molecule has 1 heteroatoms. The van der Waals surface area contributed by atoms with Crippen LogP contribution in [0.25, 0.3) is 0 Å². The fraction of sp³-hybridized carbons (Fsp3) is 0.714. The third-order valence-electron chi connectivity index (χ3n) is 2.75. The maximum atomic E-state index is 5.94. The predicted octanol–water partition coefficient (Wildman–Crippen LogP) is 4.49. The molecule has 0 aliphatic carbocycles. The lowest BCUT2D eigenvalue weighted by Gasteiger charge is -2.20. The van der Waals surface area contributed by atoms with E-state index in [1.54, 1.807) is 0 Å². The lowest BCUT2D eigenvalue weighted by Crippen LogP contribution is -2.15. The zero-order valence-corrected chi connectivity index (χ0v) is 11.4. The van der Waals surface area contributed by atoms with Gasteiger partial charge in [0.15, 0.2) is 0 Å². The van der Waals surface area contributed by atoms with Crippen molar-refractivity contribution in [2.24, 2.45) is 0 Å². The first-order chi connectivity index (χ1) is 6.55. The summed E-state index contributed by atoms with van der Waals surface area (Å²) in [7, 11) is 0. The standard InChI is InChI=1S/C14H24O/c1-9-11(13(3,4)5)10(2)15-12(9)14(6,7)8/h1-8H3. The van der Waals surface area contributed by atoms with Gasteiger partial charge in [-0.15, -0.1) is 0 Å². The van der Waals surface area contributed by atoms with Crippen LogP contribution in [0, 0.1) is 13.8 Å². The highest BCUT2D eigenvalue weighted by Gasteiger charge is 2.29. The number of furan rings is 1. The number of hydrogen-bond donors (Lipinski definition) is 0. The van der Waals surface area contributed by atoms with Crippen molar-refractivity contribution in [3.8, 4) is 0 Å². The van der Waals surface area contributed by atoms with Gasteiger partial charge in [-0.25, -0.2) is 0 Å². The molecule has 0 saturated carbocycles. The van der Waals surface area contributed by atoms with Gasteiger partial charge in [0.25, 0.3) is 0 Å². The van der Waals surface area contributed by atoms with Crippen LogP contribution >= 0.6 is 0 Å². The average molecular weight is 208 g/mol. The molecule has 0 amide bonds. The largest absolute Gasteiger partial charge is 0.465 e. The van der Waals surface area contributed by atoms with Crippen molar-refractivity contribution in [2.75, 3.05) is 0 Å². The minimum atomic E-state index is 0.0956. The van der Waals surface area contributed by atoms with Crippen molar-refractivity contribution < 1.29 is 4.42 Å². The van der Waals surface area contributed by atoms with E-state index in [9.17, 15) is 0 Å². The van der Waals surface area contributed by atoms with Crippen LogP contribution in [0.2, 0.25) is 0 Å². The first kappa shape index (κ1) is 12.4. The molecule has 1 heterocycles. The first-order valence-corrected chi connectivity index (χ1v) is 5.66. The van der Waals surface area contributed by atoms with E-state index < -0.39 is 0 Å². The van der Waals surface area contributed by atoms with E-state index >= 15 is 0 Å². The van der Waals surface area contributed by atoms with Crippen molar-refractivity contribution in [1.82, 2.24) is 0 Å². The maximum Gasteiger partial charge on any atom is 0.112 e. The molecular weight excluding hydrogens is 184 g/mol. The molecule has 86 valence electrons. The molecule has 0 spiro atoms. The van der Waals surface area contributed by atoms with Gasteiger partial charge in [-0.2, -0.15) is 0 Å². The van der Waals surface area contributed by atoms with Crippen LogP contribution in [0.1, 0.15) is 64.2 Å². The van der Waals surface area contributed by atoms with Crippen molar-refractivity contribution >= 4 is 0 Å². The predicted molar refractivity (Wildman–Crippen MR) is 65.6 cm³/mol. The lowest BCUT2D eigenvalue weighted by atomic mass is 9.81. The molecule has 0 saturated heterocycles. The molecule has 0 radical (unpaired) electrons. The van der Waals surface area contributed by atoms with Gasteiger partial charge in [-0.3, -0.25) is 0 Å². The molecule has 1 rings (SSSR count). The monoisotopic (exact) mass is 208 g/mol. The first-order valence-electron chi connectivity index (χ1n) is 5.66. The van der Waals surface area contributed by atoms with Gasteiger partial charge in [0.1, 0.15) is 11.5 Å². The quantitative estimate of drug-likeness (QED) is 0.612. The number of hydrogen-bond acceptors (Lipinski definition) is 1. The van der Waals surface area contributed by atoms with Crippen molar-refractivity contribution in [1.29, 1.82) is 0 Å². The van der Waals surface area contributed by atoms with E-state index in [1.807, 2.05) is 0 Å². The van der Waals surface area contributed by atoms with Gasteiger partial charge in [0.05, 0.1) is 0 Å². The van der Waals surface area contributed by atoms with Crippen LogP contribution in [0.4, 0.5) is 0 Å².